The van der Waals surface area contributed by atoms with Gasteiger partial charge in [-0.3, -0.25) is 9.59 Å². The SMILES string of the molecule is N#Cc1[c]c(C#N)c(C(=O)COc2ccc(Cl)cc2Cl)cc1C(=O)COc1ccc(Cl)cc1Cl. The van der Waals surface area contributed by atoms with Gasteiger partial charge < -0.3 is 9.47 Å². The van der Waals surface area contributed by atoms with E-state index >= 15 is 0 Å². The zero-order valence-electron chi connectivity index (χ0n) is 17.0. The van der Waals surface area contributed by atoms with Crippen LogP contribution in [-0.4, -0.2) is 24.8 Å². The van der Waals surface area contributed by atoms with Crippen molar-refractivity contribution in [1.29, 1.82) is 10.5 Å². The van der Waals surface area contributed by atoms with Gasteiger partial charge in [0.2, 0.25) is 11.6 Å². The van der Waals surface area contributed by atoms with E-state index in [1.807, 2.05) is 0 Å². The van der Waals surface area contributed by atoms with Gasteiger partial charge in [-0.05, 0) is 42.5 Å². The average molecular weight is 533 g/mol. The number of carbonyl (C=O) groups excluding carboxylic acids is 2. The normalized spacial score (nSPS) is 10.2. The Morgan fingerprint density at radius 2 is 1.15 bits per heavy atom. The van der Waals surface area contributed by atoms with Crippen LogP contribution >= 0.6 is 46.4 Å². The van der Waals surface area contributed by atoms with Crippen LogP contribution in [0.4, 0.5) is 0 Å². The molecule has 0 saturated carbocycles. The Bertz CT molecular complexity index is 1280. The van der Waals surface area contributed by atoms with Crippen molar-refractivity contribution in [3.63, 3.8) is 0 Å². The second kappa shape index (κ2) is 11.2. The summed E-state index contributed by atoms with van der Waals surface area (Å²) in [4.78, 5) is 25.6. The van der Waals surface area contributed by atoms with Crippen molar-refractivity contribution in [2.75, 3.05) is 13.2 Å². The van der Waals surface area contributed by atoms with Crippen molar-refractivity contribution in [2.45, 2.75) is 0 Å². The van der Waals surface area contributed by atoms with Crippen molar-refractivity contribution < 1.29 is 19.1 Å². The van der Waals surface area contributed by atoms with Gasteiger partial charge in [0.05, 0.1) is 21.2 Å². The third-order valence-electron chi connectivity index (χ3n) is 4.41. The van der Waals surface area contributed by atoms with Crippen LogP contribution in [0.1, 0.15) is 31.8 Å². The number of rotatable bonds is 8. The zero-order chi connectivity index (χ0) is 24.8. The van der Waals surface area contributed by atoms with Gasteiger partial charge in [-0.15, -0.1) is 0 Å². The molecular weight excluding hydrogens is 522 g/mol. The van der Waals surface area contributed by atoms with Gasteiger partial charge in [0.15, 0.2) is 13.2 Å². The predicted octanol–water partition coefficient (Wildman–Crippen LogP) is 6.37. The summed E-state index contributed by atoms with van der Waals surface area (Å²) in [6.07, 6.45) is 0. The van der Waals surface area contributed by atoms with E-state index in [0.29, 0.717) is 10.0 Å². The third kappa shape index (κ3) is 5.99. The summed E-state index contributed by atoms with van der Waals surface area (Å²) in [7, 11) is 0. The van der Waals surface area contributed by atoms with Crippen LogP contribution in [0.2, 0.25) is 20.1 Å². The molecule has 0 aliphatic heterocycles. The number of nitrogens with zero attached hydrogens (tertiary/aromatic N) is 2. The highest BCUT2D eigenvalue weighted by molar-refractivity contribution is 6.36. The van der Waals surface area contributed by atoms with E-state index in [9.17, 15) is 20.1 Å². The first kappa shape index (κ1) is 25.4. The molecule has 1 radical (unpaired) electrons. The minimum atomic E-state index is -0.626. The molecule has 0 aliphatic carbocycles. The number of nitriles is 2. The lowest BCUT2D eigenvalue weighted by atomic mass is 9.95. The maximum absolute atomic E-state index is 12.8. The molecule has 0 aliphatic rings. The van der Waals surface area contributed by atoms with E-state index in [4.69, 9.17) is 55.9 Å². The molecule has 6 nitrogen and oxygen atoms in total. The highest BCUT2D eigenvalue weighted by Crippen LogP contribution is 2.29. The molecular formula is C24H11Cl4N2O4. The molecule has 0 heterocycles. The van der Waals surface area contributed by atoms with Crippen molar-refractivity contribution in [1.82, 2.24) is 0 Å². The van der Waals surface area contributed by atoms with Gasteiger partial charge in [0.1, 0.15) is 23.6 Å². The summed E-state index contributed by atoms with van der Waals surface area (Å²) in [5.74, 6) is -0.835. The first-order valence-electron chi connectivity index (χ1n) is 9.36. The second-order valence-corrected chi connectivity index (χ2v) is 8.33. The van der Waals surface area contributed by atoms with E-state index in [2.05, 4.69) is 6.07 Å². The first-order valence-corrected chi connectivity index (χ1v) is 10.9. The maximum atomic E-state index is 12.8. The number of benzene rings is 3. The molecule has 0 aromatic heterocycles. The Morgan fingerprint density at radius 3 is 1.50 bits per heavy atom. The Labute approximate surface area is 214 Å². The molecule has 0 N–H and O–H groups in total. The smallest absolute Gasteiger partial charge is 0.201 e. The highest BCUT2D eigenvalue weighted by atomic mass is 35.5. The quantitative estimate of drug-likeness (QED) is 0.312. The van der Waals surface area contributed by atoms with Crippen molar-refractivity contribution in [3.05, 3.63) is 90.9 Å². The molecule has 0 unspecified atom stereocenters. The van der Waals surface area contributed by atoms with E-state index in [1.165, 1.54) is 36.4 Å². The summed E-state index contributed by atoms with van der Waals surface area (Å²) >= 11 is 23.8. The van der Waals surface area contributed by atoms with Crippen LogP contribution in [0.25, 0.3) is 0 Å². The fourth-order valence-corrected chi connectivity index (χ4v) is 3.72. The van der Waals surface area contributed by atoms with Gasteiger partial charge in [0, 0.05) is 27.2 Å². The van der Waals surface area contributed by atoms with Gasteiger partial charge in [-0.1, -0.05) is 46.4 Å². The lowest BCUT2D eigenvalue weighted by Gasteiger charge is -2.11. The molecule has 34 heavy (non-hydrogen) atoms. The topological polar surface area (TPSA) is 100 Å². The predicted molar refractivity (Wildman–Crippen MR) is 127 cm³/mol. The van der Waals surface area contributed by atoms with Crippen LogP contribution in [0, 0.1) is 28.7 Å². The summed E-state index contributed by atoms with van der Waals surface area (Å²) in [6.45, 7) is -0.972. The maximum Gasteiger partial charge on any atom is 0.201 e. The molecule has 3 aromatic rings. The number of Topliss-reactive ketones (excluding diaryl/α,β-unsaturated/α-hetero) is 2. The van der Waals surface area contributed by atoms with Gasteiger partial charge in [0.25, 0.3) is 0 Å². The Balaban J connectivity index is 1.84. The summed E-state index contributed by atoms with van der Waals surface area (Å²) in [5, 5.41) is 20.0. The van der Waals surface area contributed by atoms with Crippen LogP contribution in [0.5, 0.6) is 11.5 Å². The highest BCUT2D eigenvalue weighted by Gasteiger charge is 2.21. The number of halogens is 4. The van der Waals surface area contributed by atoms with Gasteiger partial charge in [-0.25, -0.2) is 0 Å². The molecule has 169 valence electrons. The fourth-order valence-electron chi connectivity index (χ4n) is 2.79. The van der Waals surface area contributed by atoms with Crippen LogP contribution in [-0.2, 0) is 0 Å². The molecule has 0 bridgehead atoms. The van der Waals surface area contributed by atoms with Gasteiger partial charge in [-0.2, -0.15) is 10.5 Å². The lowest BCUT2D eigenvalue weighted by molar-refractivity contribution is 0.0920. The van der Waals surface area contributed by atoms with Gasteiger partial charge >= 0.3 is 0 Å². The van der Waals surface area contributed by atoms with E-state index in [-0.39, 0.29) is 43.8 Å². The Morgan fingerprint density at radius 1 is 0.735 bits per heavy atom. The molecule has 0 spiro atoms. The molecule has 0 saturated heterocycles. The molecule has 0 atom stereocenters. The second-order valence-electron chi connectivity index (χ2n) is 6.64. The van der Waals surface area contributed by atoms with E-state index in [0.717, 1.165) is 6.07 Å². The fraction of sp³-hybridized carbons (Fsp3) is 0.0833. The molecule has 3 aromatic carbocycles. The zero-order valence-corrected chi connectivity index (χ0v) is 20.0. The lowest BCUT2D eigenvalue weighted by Crippen LogP contribution is -2.18. The van der Waals surface area contributed by atoms with Crippen molar-refractivity contribution in [3.8, 4) is 23.6 Å². The summed E-state index contributed by atoms with van der Waals surface area (Å²) < 4.78 is 10.9. The molecule has 0 amide bonds. The number of hydrogen-bond acceptors (Lipinski definition) is 6. The number of ketones is 2. The van der Waals surface area contributed by atoms with Crippen LogP contribution in [0.3, 0.4) is 0 Å². The number of carbonyl (C=O) groups is 2. The first-order chi connectivity index (χ1) is 16.2. The standard InChI is InChI=1S/C24H11Cl4N2O4/c25-15-1-3-23(19(27)6-15)33-11-21(31)17-8-18(14(10-30)5-13(17)9-29)22(32)12-34-24-4-2-16(26)7-20(24)28/h1-4,6-8H,11-12H2. The summed E-state index contributed by atoms with van der Waals surface area (Å²) in [6, 6.07) is 16.2. The monoisotopic (exact) mass is 531 g/mol. The molecule has 10 heteroatoms. The summed E-state index contributed by atoms with van der Waals surface area (Å²) in [5.41, 5.74) is -0.685. The number of hydrogen-bond donors (Lipinski definition) is 0. The van der Waals surface area contributed by atoms with E-state index < -0.39 is 24.8 Å². The third-order valence-corrected chi connectivity index (χ3v) is 5.47. The van der Waals surface area contributed by atoms with E-state index in [1.54, 1.807) is 12.1 Å². The van der Waals surface area contributed by atoms with Crippen LogP contribution in [0.15, 0.2) is 42.5 Å². The average Bonchev–Trinajstić information content (AvgIpc) is 2.81. The largest absolute Gasteiger partial charge is 0.484 e. The Hall–Kier alpha value is -3.26. The van der Waals surface area contributed by atoms with Crippen molar-refractivity contribution >= 4 is 58.0 Å². The molecule has 3 rings (SSSR count). The minimum absolute atomic E-state index is 0.139. The van der Waals surface area contributed by atoms with Crippen LogP contribution < -0.4 is 9.47 Å². The minimum Gasteiger partial charge on any atom is -0.484 e. The van der Waals surface area contributed by atoms with Crippen molar-refractivity contribution in [2.24, 2.45) is 0 Å². The number of ether oxygens (including phenoxy) is 2. The Kier molecular flexibility index (Phi) is 8.39. The molecule has 0 fully saturated rings.